The summed E-state index contributed by atoms with van der Waals surface area (Å²) in [5, 5.41) is 33.9. The van der Waals surface area contributed by atoms with E-state index in [1.54, 1.807) is 54.5 Å². The lowest BCUT2D eigenvalue weighted by atomic mass is 9.69. The topological polar surface area (TPSA) is 236 Å². The third-order valence-corrected chi connectivity index (χ3v) is 10.1. The average molecular weight is 698 g/mol. The quantitative estimate of drug-likeness (QED) is 0.115. The zero-order valence-electron chi connectivity index (χ0n) is 29.0. The van der Waals surface area contributed by atoms with Crippen LogP contribution in [0.4, 0.5) is 0 Å². The lowest BCUT2D eigenvalue weighted by molar-refractivity contribution is -0.177. The fourth-order valence-electron chi connectivity index (χ4n) is 5.69. The van der Waals surface area contributed by atoms with Crippen molar-refractivity contribution in [1.29, 1.82) is 5.26 Å². The monoisotopic (exact) mass is 697 g/mol. The van der Waals surface area contributed by atoms with Crippen LogP contribution in [-0.4, -0.2) is 100 Å². The lowest BCUT2D eigenvalue weighted by Crippen LogP contribution is -2.69. The highest BCUT2D eigenvalue weighted by atomic mass is 31.2. The highest BCUT2D eigenvalue weighted by molar-refractivity contribution is 7.54. The molecule has 0 aliphatic carbocycles. The van der Waals surface area contributed by atoms with Crippen LogP contribution >= 0.6 is 7.67 Å². The first-order chi connectivity index (χ1) is 22.1. The van der Waals surface area contributed by atoms with Gasteiger partial charge in [-0.1, -0.05) is 19.9 Å². The summed E-state index contributed by atoms with van der Waals surface area (Å²) in [5.41, 5.74) is 0.683. The lowest BCUT2D eigenvalue weighted by Gasteiger charge is -2.49. The average Bonchev–Trinajstić information content (AvgIpc) is 3.44. The molecule has 0 bridgehead atoms. The molecule has 5 N–H and O–H groups in total. The summed E-state index contributed by atoms with van der Waals surface area (Å²) in [7, 11) is -4.39. The van der Waals surface area contributed by atoms with E-state index in [0.29, 0.717) is 5.70 Å². The Bertz CT molecular complexity index is 1410. The number of hydrogen-bond acceptors (Lipinski definition) is 15. The molecule has 17 nitrogen and oxygen atoms in total. The Hall–Kier alpha value is -3.39. The van der Waals surface area contributed by atoms with E-state index in [4.69, 9.17) is 29.2 Å². The number of aliphatic imine (C=N–C) groups is 1. The first kappa shape index (κ1) is 39.1. The molecular formula is C30H48N7O10P. The molecule has 1 saturated heterocycles. The number of ether oxygens (including phenoxy) is 4. The van der Waals surface area contributed by atoms with Crippen molar-refractivity contribution >= 4 is 37.8 Å². The van der Waals surface area contributed by atoms with Gasteiger partial charge < -0.3 is 34.3 Å². The maximum Gasteiger partial charge on any atom is 0.342 e. The van der Waals surface area contributed by atoms with E-state index in [2.05, 4.69) is 26.3 Å². The van der Waals surface area contributed by atoms with E-state index in [-0.39, 0.29) is 12.3 Å². The van der Waals surface area contributed by atoms with E-state index in [1.165, 1.54) is 32.1 Å². The van der Waals surface area contributed by atoms with Gasteiger partial charge in [-0.2, -0.15) is 10.4 Å². The number of hydrogen-bond donors (Lipinski definition) is 4. The van der Waals surface area contributed by atoms with Crippen molar-refractivity contribution in [2.75, 3.05) is 6.61 Å². The van der Waals surface area contributed by atoms with E-state index in [0.717, 1.165) is 0 Å². The van der Waals surface area contributed by atoms with Gasteiger partial charge >= 0.3 is 25.6 Å². The van der Waals surface area contributed by atoms with Gasteiger partial charge in [0, 0.05) is 0 Å². The van der Waals surface area contributed by atoms with Crippen molar-refractivity contribution in [2.45, 2.75) is 129 Å². The molecule has 18 heteroatoms. The predicted octanol–water partition coefficient (Wildman–Crippen LogP) is 1.61. The number of fused-ring (bicyclic) bond motifs is 1. The molecule has 3 rings (SSSR count). The van der Waals surface area contributed by atoms with Crippen molar-refractivity contribution in [2.24, 2.45) is 21.7 Å². The van der Waals surface area contributed by atoms with Crippen molar-refractivity contribution in [3.05, 3.63) is 11.8 Å². The fraction of sp³-hybridized carbons (Fsp3) is 0.733. The normalized spacial score (nSPS) is 30.6. The molecule has 0 aromatic carbocycles. The van der Waals surface area contributed by atoms with Crippen LogP contribution in [0.1, 0.15) is 75.7 Å². The number of nitrogens with one attached hydrogen (secondary N) is 2. The predicted molar refractivity (Wildman–Crippen MR) is 173 cm³/mol. The molecule has 0 aromatic rings. The van der Waals surface area contributed by atoms with E-state index >= 15 is 0 Å². The smallest absolute Gasteiger partial charge is 0.342 e. The number of nitriles is 1. The van der Waals surface area contributed by atoms with Gasteiger partial charge in [0.15, 0.2) is 11.9 Å². The molecule has 1 fully saturated rings. The van der Waals surface area contributed by atoms with Gasteiger partial charge in [-0.05, 0) is 61.8 Å². The fourth-order valence-corrected chi connectivity index (χ4v) is 7.50. The van der Waals surface area contributed by atoms with Gasteiger partial charge in [-0.3, -0.25) is 24.0 Å². The van der Waals surface area contributed by atoms with Crippen LogP contribution in [0, 0.1) is 17.2 Å². The van der Waals surface area contributed by atoms with Gasteiger partial charge in [-0.15, -0.1) is 0 Å². The van der Waals surface area contributed by atoms with Crippen molar-refractivity contribution in [1.82, 2.24) is 15.2 Å². The van der Waals surface area contributed by atoms with Crippen molar-refractivity contribution in [3.8, 4) is 6.07 Å². The summed E-state index contributed by atoms with van der Waals surface area (Å²) in [6.45, 7) is 14.8. The van der Waals surface area contributed by atoms with Crippen LogP contribution in [0.25, 0.3) is 0 Å². The number of carbonyl (C=O) groups excluding carboxylic acids is 3. The second kappa shape index (κ2) is 14.6. The zero-order chi connectivity index (χ0) is 36.4. The number of esters is 3. The summed E-state index contributed by atoms with van der Waals surface area (Å²) in [4.78, 5) is 42.3. The zero-order valence-corrected chi connectivity index (χ0v) is 29.9. The van der Waals surface area contributed by atoms with Crippen LogP contribution in [0.15, 0.2) is 21.9 Å². The van der Waals surface area contributed by atoms with E-state index < -0.39 is 91.3 Å². The Morgan fingerprint density at radius 2 is 1.62 bits per heavy atom. The molecule has 3 aliphatic heterocycles. The van der Waals surface area contributed by atoms with Gasteiger partial charge in [0.25, 0.3) is 0 Å². The molecule has 7 atom stereocenters. The van der Waals surface area contributed by atoms with Crippen LogP contribution in [0.2, 0.25) is 0 Å². The molecular weight excluding hydrogens is 649 g/mol. The summed E-state index contributed by atoms with van der Waals surface area (Å²) in [5.74, 6) is -2.70. The number of nitrogens with zero attached hydrogens (tertiary/aromatic N) is 4. The summed E-state index contributed by atoms with van der Waals surface area (Å²) < 4.78 is 42.8. The standard InChI is InChI=1S/C30H48N7O10P/c1-16(2)25(38)46-23-22(47-30(14-31,29(23,10)41)28(9)12-11-21-24(32)33-15-34-37(21)28)13-43-48(42,35-19(7)26(39)44-17(3)4)36-20(8)27(40)45-18(5)6/h11,15-20,22-23,41H,12-13H2,1-10H3,(H2,32,33,34)(H2,35,36,42). The number of hydrazone groups is 1. The molecule has 0 radical (unpaired) electrons. The number of aliphatic hydroxyl groups is 1. The summed E-state index contributed by atoms with van der Waals surface area (Å²) >= 11 is 0. The minimum absolute atomic E-state index is 0.116. The molecule has 0 amide bonds. The Balaban J connectivity index is 2.02. The third kappa shape index (κ3) is 7.59. The van der Waals surface area contributed by atoms with Gasteiger partial charge in [0.1, 0.15) is 41.7 Å². The van der Waals surface area contributed by atoms with E-state index in [9.17, 15) is 29.3 Å². The van der Waals surface area contributed by atoms with Crippen LogP contribution in [0.5, 0.6) is 0 Å². The highest BCUT2D eigenvalue weighted by Crippen LogP contribution is 2.55. The van der Waals surface area contributed by atoms with Crippen LogP contribution in [-0.2, 0) is 42.4 Å². The Morgan fingerprint density at radius 1 is 1.08 bits per heavy atom. The Morgan fingerprint density at radius 3 is 2.10 bits per heavy atom. The molecule has 3 aliphatic rings. The van der Waals surface area contributed by atoms with Crippen LogP contribution in [0.3, 0.4) is 0 Å². The largest absolute Gasteiger partial charge is 0.462 e. The van der Waals surface area contributed by atoms with E-state index in [1.807, 2.05) is 0 Å². The first-order valence-corrected chi connectivity index (χ1v) is 17.4. The number of amidine groups is 1. The number of rotatable bonds is 14. The molecule has 268 valence electrons. The molecule has 7 unspecified atom stereocenters. The van der Waals surface area contributed by atoms with Crippen molar-refractivity contribution < 1.29 is 47.5 Å². The SMILES string of the molecule is CC(C)OC(=O)C(C)NP(=O)(NC(C)C(=O)OC(C)C)OCC1OC(C#N)(C2(C)CC=C3C(N)=NC=NN32)C(C)(O)C1OC(=O)C(C)C. The molecule has 0 aromatic heterocycles. The Kier molecular flexibility index (Phi) is 11.9. The number of carbonyl (C=O) groups is 3. The van der Waals surface area contributed by atoms with Gasteiger partial charge in [-0.25, -0.2) is 15.2 Å². The first-order valence-electron chi connectivity index (χ1n) is 15.7. The molecule has 48 heavy (non-hydrogen) atoms. The second-order valence-corrected chi connectivity index (χ2v) is 15.1. The van der Waals surface area contributed by atoms with Crippen molar-refractivity contribution in [3.63, 3.8) is 0 Å². The third-order valence-electron chi connectivity index (χ3n) is 8.14. The number of nitrogens with two attached hydrogens (primary N) is 1. The maximum absolute atomic E-state index is 14.3. The van der Waals surface area contributed by atoms with Gasteiger partial charge in [0.05, 0.1) is 30.4 Å². The minimum Gasteiger partial charge on any atom is -0.462 e. The highest BCUT2D eigenvalue weighted by Gasteiger charge is 2.75. The summed E-state index contributed by atoms with van der Waals surface area (Å²) in [6, 6.07) is -0.262. The molecule has 0 spiro atoms. The Labute approximate surface area is 280 Å². The molecule has 0 saturated carbocycles. The van der Waals surface area contributed by atoms with Gasteiger partial charge in [0.2, 0.25) is 5.60 Å². The summed E-state index contributed by atoms with van der Waals surface area (Å²) in [6.07, 6.45) is -0.875. The maximum atomic E-state index is 14.3. The second-order valence-electron chi connectivity index (χ2n) is 13.3. The van der Waals surface area contributed by atoms with Crippen LogP contribution < -0.4 is 15.9 Å². The minimum atomic E-state index is -4.39. The molecule has 3 heterocycles.